The highest BCUT2D eigenvalue weighted by atomic mass is 16.3. The summed E-state index contributed by atoms with van der Waals surface area (Å²) in [6, 6.07) is -0.585. The topological polar surface area (TPSA) is 13.1 Å². The van der Waals surface area contributed by atoms with Gasteiger partial charge in [-0.1, -0.05) is 151 Å². The molecular formula is C44H28O. The Morgan fingerprint density at radius 2 is 0.867 bits per heavy atom. The van der Waals surface area contributed by atoms with Crippen molar-refractivity contribution in [3.63, 3.8) is 0 Å². The van der Waals surface area contributed by atoms with Gasteiger partial charge in [-0.2, -0.15) is 0 Å². The number of hydrogen-bond donors (Lipinski definition) is 0. The van der Waals surface area contributed by atoms with Crippen molar-refractivity contribution in [2.24, 2.45) is 0 Å². The summed E-state index contributed by atoms with van der Waals surface area (Å²) < 4.78 is 182. The van der Waals surface area contributed by atoms with E-state index in [0.717, 1.165) is 0 Å². The molecule has 1 heteroatoms. The summed E-state index contributed by atoms with van der Waals surface area (Å²) in [5.74, 6) is 0. The largest absolute Gasteiger partial charge is 0.456 e. The number of benzene rings is 8. The minimum Gasteiger partial charge on any atom is -0.456 e. The SMILES string of the molecule is [2H]c1c([2H])c([2H])c(-c2c([2H])c([2H])c(-c3c4ccccc4c(-c4c(-c5c([2H])c([2H])c([2H])c([2H])c5[2H])c([2H])c5c(oc6c([2H])c([2H])c([2H])c([2H])c65)c4[2H])c4ccccc34)c([2H])c2[2H])c([2H])c1[2H]. The second kappa shape index (κ2) is 10.4. The normalized spacial score (nSPS) is 17.8. The summed E-state index contributed by atoms with van der Waals surface area (Å²) in [5, 5.41) is 0.517. The van der Waals surface area contributed by atoms with Gasteiger partial charge in [-0.05, 0) is 84.2 Å². The van der Waals surface area contributed by atoms with Crippen LogP contribution < -0.4 is 0 Å². The zero-order valence-electron chi connectivity index (χ0n) is 43.0. The second-order valence-electron chi connectivity index (χ2n) is 10.1. The van der Waals surface area contributed by atoms with Gasteiger partial charge in [0.05, 0.1) is 27.4 Å². The summed E-state index contributed by atoms with van der Waals surface area (Å²) in [6.07, 6.45) is 0. The maximum Gasteiger partial charge on any atom is 0.136 e. The molecule has 0 aliphatic carbocycles. The average Bonchev–Trinajstić information content (AvgIpc) is 3.71. The molecule has 0 aliphatic heterocycles. The number of rotatable bonds is 4. The van der Waals surface area contributed by atoms with Crippen LogP contribution in [0.5, 0.6) is 0 Å². The van der Waals surface area contributed by atoms with E-state index in [4.69, 9.17) is 23.6 Å². The minimum atomic E-state index is -0.752. The van der Waals surface area contributed by atoms with Crippen LogP contribution in [0.15, 0.2) is 174 Å². The fourth-order valence-electron chi connectivity index (χ4n) is 5.75. The Morgan fingerprint density at radius 3 is 1.51 bits per heavy atom. The van der Waals surface area contributed by atoms with Gasteiger partial charge in [-0.15, -0.1) is 0 Å². The summed E-state index contributed by atoms with van der Waals surface area (Å²) in [4.78, 5) is 0. The molecule has 0 saturated heterocycles. The fraction of sp³-hybridized carbons (Fsp3) is 0. The molecule has 9 rings (SSSR count). The van der Waals surface area contributed by atoms with Crippen LogP contribution >= 0.6 is 0 Å². The fourth-order valence-corrected chi connectivity index (χ4v) is 5.75. The highest BCUT2D eigenvalue weighted by molar-refractivity contribution is 6.23. The Kier molecular flexibility index (Phi) is 2.90. The quantitative estimate of drug-likeness (QED) is 0.185. The first kappa shape index (κ1) is 12.6. The predicted octanol–water partition coefficient (Wildman–Crippen LogP) is 12.6. The van der Waals surface area contributed by atoms with Gasteiger partial charge in [-0.3, -0.25) is 0 Å². The Balaban J connectivity index is 1.49. The summed E-state index contributed by atoms with van der Waals surface area (Å²) in [7, 11) is 0. The van der Waals surface area contributed by atoms with Gasteiger partial charge in [0.1, 0.15) is 11.2 Å². The van der Waals surface area contributed by atoms with Crippen LogP contribution in [-0.4, -0.2) is 0 Å². The Labute approximate surface area is 289 Å². The number of hydrogen-bond acceptors (Lipinski definition) is 1. The zero-order chi connectivity index (χ0) is 47.1. The van der Waals surface area contributed by atoms with Gasteiger partial charge in [0.25, 0.3) is 0 Å². The van der Waals surface area contributed by atoms with Crippen molar-refractivity contribution in [2.75, 3.05) is 0 Å². The van der Waals surface area contributed by atoms with Crippen LogP contribution in [-0.2, 0) is 0 Å². The van der Waals surface area contributed by atoms with Gasteiger partial charge in [0.15, 0.2) is 0 Å². The van der Waals surface area contributed by atoms with E-state index in [9.17, 15) is 8.22 Å². The van der Waals surface area contributed by atoms with Crippen LogP contribution in [0.25, 0.3) is 88.0 Å². The average molecular weight is 593 g/mol. The van der Waals surface area contributed by atoms with Crippen LogP contribution in [0.4, 0.5) is 0 Å². The molecule has 1 aromatic heterocycles. The van der Waals surface area contributed by atoms with Crippen molar-refractivity contribution < 1.29 is 31.8 Å². The molecule has 0 fully saturated rings. The first-order valence-corrected chi connectivity index (χ1v) is 13.8. The first-order valence-electron chi connectivity index (χ1n) is 23.8. The highest BCUT2D eigenvalue weighted by Crippen LogP contribution is 2.48. The molecule has 0 radical (unpaired) electrons. The second-order valence-corrected chi connectivity index (χ2v) is 10.1. The third-order valence-electron chi connectivity index (χ3n) is 7.63. The molecule has 0 amide bonds. The summed E-state index contributed by atoms with van der Waals surface area (Å²) in [5.41, 5.74) is -2.74. The smallest absolute Gasteiger partial charge is 0.136 e. The lowest BCUT2D eigenvalue weighted by Gasteiger charge is -2.20. The third-order valence-corrected chi connectivity index (χ3v) is 7.63. The van der Waals surface area contributed by atoms with Gasteiger partial charge >= 0.3 is 0 Å². The van der Waals surface area contributed by atoms with Crippen LogP contribution in [0.1, 0.15) is 27.4 Å². The van der Waals surface area contributed by atoms with E-state index < -0.39 is 138 Å². The highest BCUT2D eigenvalue weighted by Gasteiger charge is 2.21. The van der Waals surface area contributed by atoms with Crippen molar-refractivity contribution in [1.82, 2.24) is 0 Å². The third kappa shape index (κ3) is 4.17. The van der Waals surface area contributed by atoms with Gasteiger partial charge in [0.2, 0.25) is 0 Å². The lowest BCUT2D eigenvalue weighted by molar-refractivity contribution is 0.669. The van der Waals surface area contributed by atoms with Crippen LogP contribution in [0.3, 0.4) is 0 Å². The van der Waals surface area contributed by atoms with Crippen LogP contribution in [0.2, 0.25) is 0 Å². The molecule has 0 atom stereocenters. The number of para-hydroxylation sites is 1. The van der Waals surface area contributed by atoms with Crippen molar-refractivity contribution in [3.05, 3.63) is 169 Å². The number of fused-ring (bicyclic) bond motifs is 5. The molecule has 8 aromatic carbocycles. The number of furan rings is 1. The Hall–Kier alpha value is -5.92. The Morgan fingerprint density at radius 1 is 0.356 bits per heavy atom. The Bertz CT molecular complexity index is 3520. The molecule has 0 saturated carbocycles. The molecule has 1 nitrogen and oxygen atoms in total. The van der Waals surface area contributed by atoms with E-state index in [1.54, 1.807) is 48.5 Å². The molecule has 210 valence electrons. The van der Waals surface area contributed by atoms with E-state index in [-0.39, 0.29) is 71.3 Å². The van der Waals surface area contributed by atoms with Crippen LogP contribution in [0, 0.1) is 0 Å². The predicted molar refractivity (Wildman–Crippen MR) is 190 cm³/mol. The van der Waals surface area contributed by atoms with E-state index in [1.807, 2.05) is 0 Å². The van der Waals surface area contributed by atoms with Gasteiger partial charge in [0, 0.05) is 10.8 Å². The monoisotopic (exact) mass is 592 g/mol. The standard InChI is InChI=1S/C44H28O/c1-3-13-29(14-4-1)30-23-25-32(26-24-30)43-34-18-7-9-20-36(34)44(37-21-10-8-19-35(37)43)40-28-42-39(33-17-11-12-22-41(33)45-42)27-38(40)31-15-5-2-6-16-31/h1-28H/i1D,2D,3D,4D,5D,6D,11D,12D,13D,14D,15D,16D,17D,22D,23D,24D,25D,26D,27D,28D. The summed E-state index contributed by atoms with van der Waals surface area (Å²) in [6.45, 7) is 0. The molecule has 0 unspecified atom stereocenters. The minimum absolute atomic E-state index is 0.146. The lowest BCUT2D eigenvalue weighted by atomic mass is 9.83. The molecule has 0 bridgehead atoms. The molecule has 1 heterocycles. The van der Waals surface area contributed by atoms with Crippen molar-refractivity contribution in [3.8, 4) is 44.5 Å². The molecule has 0 aliphatic rings. The van der Waals surface area contributed by atoms with E-state index >= 15 is 0 Å². The van der Waals surface area contributed by atoms with Crippen molar-refractivity contribution in [2.45, 2.75) is 0 Å². The first-order chi connectivity index (χ1) is 30.7. The van der Waals surface area contributed by atoms with E-state index in [0.29, 0.717) is 0 Å². The van der Waals surface area contributed by atoms with Crippen molar-refractivity contribution in [1.29, 1.82) is 0 Å². The van der Waals surface area contributed by atoms with E-state index in [2.05, 4.69) is 0 Å². The maximum absolute atomic E-state index is 9.89. The van der Waals surface area contributed by atoms with Gasteiger partial charge in [-0.25, -0.2) is 0 Å². The summed E-state index contributed by atoms with van der Waals surface area (Å²) >= 11 is 0. The van der Waals surface area contributed by atoms with E-state index in [1.165, 1.54) is 0 Å². The maximum atomic E-state index is 9.89. The molecule has 9 aromatic rings. The molecule has 0 spiro atoms. The zero-order valence-corrected chi connectivity index (χ0v) is 23.0. The molecular weight excluding hydrogens is 544 g/mol. The molecule has 0 N–H and O–H groups in total. The van der Waals surface area contributed by atoms with Crippen molar-refractivity contribution >= 4 is 43.5 Å². The van der Waals surface area contributed by atoms with Gasteiger partial charge < -0.3 is 4.42 Å². The lowest BCUT2D eigenvalue weighted by Crippen LogP contribution is -1.93. The molecule has 45 heavy (non-hydrogen) atoms.